The van der Waals surface area contributed by atoms with Crippen molar-refractivity contribution in [1.29, 1.82) is 0 Å². The minimum Gasteiger partial charge on any atom is -0.754 e. The predicted octanol–water partition coefficient (Wildman–Crippen LogP) is -5.07. The van der Waals surface area contributed by atoms with Crippen LogP contribution in [-0.4, -0.2) is 18.9 Å². The van der Waals surface area contributed by atoms with Gasteiger partial charge in [-0.1, -0.05) is 18.7 Å². The summed E-state index contributed by atoms with van der Waals surface area (Å²) in [5.74, 6) is -0.862. The number of carbonyl (C=O) groups is 1. The van der Waals surface area contributed by atoms with Crippen LogP contribution in [0.15, 0.2) is 41.3 Å². The Morgan fingerprint density at radius 1 is 1.04 bits per heavy atom. The standard InChI is InChI=1S/C8H7O3.C7H7O3S.2Na.Y/c1-6-4-2-3-5-7(6)8(9)11-10;1-6-4-2-3-5-7(6)11(8,9)10;;;/h2,4-5,10H,1H3;2,4-5H,1H3,(H,8,9,10);;;/q2*-1;2*+1;/p-2. The van der Waals surface area contributed by atoms with Crippen LogP contribution in [-0.2, 0) is 47.7 Å². The van der Waals surface area contributed by atoms with Crippen molar-refractivity contribution in [3.63, 3.8) is 0 Å². The third kappa shape index (κ3) is 10.7. The summed E-state index contributed by atoms with van der Waals surface area (Å²) in [6, 6.07) is 14.3. The molecule has 0 heterocycles. The second-order valence-corrected chi connectivity index (χ2v) is 5.61. The summed E-state index contributed by atoms with van der Waals surface area (Å²) in [7, 11) is -4.31. The van der Waals surface area contributed by atoms with Gasteiger partial charge in [-0.05, 0) is 5.56 Å². The quantitative estimate of drug-likeness (QED) is 0.148. The summed E-state index contributed by atoms with van der Waals surface area (Å²) in [4.78, 5) is 13.8. The van der Waals surface area contributed by atoms with E-state index in [1.54, 1.807) is 32.0 Å². The molecule has 2 aromatic carbocycles. The van der Waals surface area contributed by atoms with Gasteiger partial charge in [0.25, 0.3) is 5.97 Å². The monoisotopic (exact) mass is 455 g/mol. The Kier molecular flexibility index (Phi) is 18.2. The molecule has 0 saturated heterocycles. The summed E-state index contributed by atoms with van der Waals surface area (Å²) < 4.78 is 31.4. The molecule has 25 heavy (non-hydrogen) atoms. The molecule has 0 amide bonds. The van der Waals surface area contributed by atoms with Crippen LogP contribution in [0.4, 0.5) is 0 Å². The van der Waals surface area contributed by atoms with Crippen LogP contribution in [0.3, 0.4) is 0 Å². The topological polar surface area (TPSA) is 107 Å². The number of rotatable bonds is 2. The number of aryl methyl sites for hydroxylation is 2. The van der Waals surface area contributed by atoms with Crippen LogP contribution < -0.4 is 64.4 Å². The molecule has 0 aliphatic rings. The number of hydrogen-bond acceptors (Lipinski definition) is 6. The summed E-state index contributed by atoms with van der Waals surface area (Å²) in [5, 5.41) is 9.72. The Bertz CT molecular complexity index is 768. The van der Waals surface area contributed by atoms with Crippen molar-refractivity contribution in [2.24, 2.45) is 0 Å². The molecule has 0 fully saturated rings. The Labute approximate surface area is 216 Å². The van der Waals surface area contributed by atoms with Gasteiger partial charge in [0, 0.05) is 32.7 Å². The van der Waals surface area contributed by atoms with Crippen LogP contribution in [0.2, 0.25) is 0 Å². The largest absolute Gasteiger partial charge is 1.00 e. The van der Waals surface area contributed by atoms with E-state index >= 15 is 0 Å². The van der Waals surface area contributed by atoms with E-state index < -0.39 is 16.1 Å². The SMILES string of the molecule is Cc1cc[c-]cc1C(=O)O[O-].Cc1cc[c-]cc1S(=O)(=O)[O-].[Na+].[Na+].[Y]. The van der Waals surface area contributed by atoms with E-state index in [-0.39, 0.29) is 102 Å². The second-order valence-electron chi connectivity index (χ2n) is 4.26. The maximum Gasteiger partial charge on any atom is 1.00 e. The smallest absolute Gasteiger partial charge is 0.754 e. The molecule has 0 atom stereocenters. The molecule has 6 nitrogen and oxygen atoms in total. The van der Waals surface area contributed by atoms with Gasteiger partial charge >= 0.3 is 59.1 Å². The Morgan fingerprint density at radius 2 is 1.52 bits per heavy atom. The summed E-state index contributed by atoms with van der Waals surface area (Å²) >= 11 is 0. The molecule has 0 aliphatic heterocycles. The van der Waals surface area contributed by atoms with Crippen molar-refractivity contribution in [2.45, 2.75) is 18.7 Å². The van der Waals surface area contributed by atoms with Gasteiger partial charge in [-0.3, -0.25) is 13.2 Å². The van der Waals surface area contributed by atoms with Crippen molar-refractivity contribution in [3.05, 3.63) is 65.2 Å². The fraction of sp³-hybridized carbons (Fsp3) is 0.133. The van der Waals surface area contributed by atoms with Gasteiger partial charge in [-0.25, -0.2) is 0 Å². The normalized spacial score (nSPS) is 9.12. The molecule has 10 heteroatoms. The number of benzene rings is 2. The first-order valence-electron chi connectivity index (χ1n) is 6.01. The zero-order valence-electron chi connectivity index (χ0n) is 14.4. The zero-order valence-corrected chi connectivity index (χ0v) is 22.1. The maximum absolute atomic E-state index is 10.7. The molecule has 121 valence electrons. The van der Waals surface area contributed by atoms with Crippen LogP contribution in [0.1, 0.15) is 21.5 Å². The first kappa shape index (κ1) is 30.6. The Hall–Kier alpha value is 0.884. The molecule has 0 bridgehead atoms. The summed E-state index contributed by atoms with van der Waals surface area (Å²) in [5.41, 5.74) is 1.44. The van der Waals surface area contributed by atoms with Crippen LogP contribution in [0.25, 0.3) is 0 Å². The van der Waals surface area contributed by atoms with Gasteiger partial charge in [-0.2, -0.15) is 48.5 Å². The molecule has 0 aliphatic carbocycles. The Morgan fingerprint density at radius 3 is 1.88 bits per heavy atom. The van der Waals surface area contributed by atoms with Crippen molar-refractivity contribution in [2.75, 3.05) is 0 Å². The molecule has 2 rings (SSSR count). The van der Waals surface area contributed by atoms with Gasteiger partial charge in [0.05, 0.1) is 10.1 Å². The number of carbonyl (C=O) groups excluding carboxylic acids is 1. The predicted molar refractivity (Wildman–Crippen MR) is 73.4 cm³/mol. The van der Waals surface area contributed by atoms with Crippen molar-refractivity contribution >= 4 is 16.1 Å². The molecule has 0 saturated carbocycles. The van der Waals surface area contributed by atoms with Crippen molar-refractivity contribution in [1.82, 2.24) is 0 Å². The molecule has 0 aromatic heterocycles. The fourth-order valence-electron chi connectivity index (χ4n) is 1.54. The Balaban J connectivity index is -0.000000346. The first-order chi connectivity index (χ1) is 10.3. The average Bonchev–Trinajstić information content (AvgIpc) is 2.47. The maximum atomic E-state index is 10.7. The molecule has 0 N–H and O–H groups in total. The van der Waals surface area contributed by atoms with Gasteiger partial charge in [0.2, 0.25) is 0 Å². The van der Waals surface area contributed by atoms with Gasteiger partial charge in [-0.15, -0.1) is 11.1 Å². The minimum absolute atomic E-state index is 0. The van der Waals surface area contributed by atoms with E-state index in [4.69, 9.17) is 0 Å². The number of hydrogen-bond donors (Lipinski definition) is 0. The van der Waals surface area contributed by atoms with E-state index in [1.807, 2.05) is 0 Å². The van der Waals surface area contributed by atoms with E-state index in [0.717, 1.165) is 0 Å². The van der Waals surface area contributed by atoms with E-state index in [9.17, 15) is 23.0 Å². The van der Waals surface area contributed by atoms with E-state index in [2.05, 4.69) is 17.0 Å². The van der Waals surface area contributed by atoms with Gasteiger partial charge < -0.3 is 14.7 Å². The van der Waals surface area contributed by atoms with Crippen molar-refractivity contribution in [3.8, 4) is 0 Å². The second kappa shape index (κ2) is 14.9. The third-order valence-corrected chi connectivity index (χ3v) is 3.66. The van der Waals surface area contributed by atoms with Gasteiger partial charge in [0.15, 0.2) is 0 Å². The summed E-state index contributed by atoms with van der Waals surface area (Å²) in [6.07, 6.45) is 0. The van der Waals surface area contributed by atoms with E-state index in [0.29, 0.717) is 11.1 Å². The molecular weight excluding hydrogens is 443 g/mol. The molecule has 0 unspecified atom stereocenters. The van der Waals surface area contributed by atoms with E-state index in [1.165, 1.54) is 18.2 Å². The first-order valence-corrected chi connectivity index (χ1v) is 7.41. The zero-order chi connectivity index (χ0) is 16.8. The summed E-state index contributed by atoms with van der Waals surface area (Å²) in [6.45, 7) is 3.29. The fourth-order valence-corrected chi connectivity index (χ4v) is 2.21. The van der Waals surface area contributed by atoms with Gasteiger partial charge in [0.1, 0.15) is 0 Å². The molecule has 0 spiro atoms. The third-order valence-electron chi connectivity index (χ3n) is 2.68. The van der Waals surface area contributed by atoms with Crippen LogP contribution in [0.5, 0.6) is 0 Å². The minimum atomic E-state index is -4.31. The molecule has 2 aromatic rings. The van der Waals surface area contributed by atoms with Crippen molar-refractivity contribution < 1.29 is 120 Å². The molecule has 1 radical (unpaired) electrons. The molecular formula is C15H12Na2O6SY-2. The van der Waals surface area contributed by atoms with Crippen LogP contribution in [0, 0.1) is 26.0 Å². The average molecular weight is 455 g/mol. The van der Waals surface area contributed by atoms with Crippen LogP contribution >= 0.6 is 0 Å².